The van der Waals surface area contributed by atoms with Crippen LogP contribution in [-0.4, -0.2) is 16.0 Å². The third kappa shape index (κ3) is 2.70. The lowest BCUT2D eigenvalue weighted by molar-refractivity contribution is 0.0939. The van der Waals surface area contributed by atoms with E-state index >= 15 is 0 Å². The number of benzene rings is 1. The molecule has 1 unspecified atom stereocenters. The van der Waals surface area contributed by atoms with Crippen LogP contribution in [0.5, 0.6) is 0 Å². The Balaban J connectivity index is 1.80. The van der Waals surface area contributed by atoms with E-state index in [0.717, 1.165) is 16.6 Å². The van der Waals surface area contributed by atoms with Crippen LogP contribution in [0.3, 0.4) is 0 Å². The number of hydrogen-bond donors (Lipinski definition) is 1. The van der Waals surface area contributed by atoms with Crippen molar-refractivity contribution in [1.29, 1.82) is 0 Å². The number of nitrogens with one attached hydrogen (secondary N) is 1. The molecule has 1 amide bonds. The maximum atomic E-state index is 12.4. The summed E-state index contributed by atoms with van der Waals surface area (Å²) in [5.74, 6) is -0.164. The average Bonchev–Trinajstić information content (AvgIpc) is 2.88. The molecular formula is C17H17N3O2. The summed E-state index contributed by atoms with van der Waals surface area (Å²) in [6, 6.07) is 9.79. The molecule has 112 valence electrons. The summed E-state index contributed by atoms with van der Waals surface area (Å²) in [6.07, 6.45) is 1.50. The van der Waals surface area contributed by atoms with Crippen molar-refractivity contribution in [3.05, 3.63) is 58.9 Å². The third-order valence-corrected chi connectivity index (χ3v) is 3.70. The van der Waals surface area contributed by atoms with E-state index in [9.17, 15) is 4.79 Å². The third-order valence-electron chi connectivity index (χ3n) is 3.70. The summed E-state index contributed by atoms with van der Waals surface area (Å²) in [7, 11) is 0. The van der Waals surface area contributed by atoms with Crippen molar-refractivity contribution in [3.8, 4) is 0 Å². The van der Waals surface area contributed by atoms with Crippen LogP contribution >= 0.6 is 0 Å². The predicted octanol–water partition coefficient (Wildman–Crippen LogP) is 3.33. The van der Waals surface area contributed by atoms with Gasteiger partial charge >= 0.3 is 0 Å². The molecule has 2 heterocycles. The molecule has 1 aromatic carbocycles. The normalized spacial score (nSPS) is 12.3. The standard InChI is InChI=1S/C17H17N3O2/c1-10-4-6-13(7-5-10)11(2)19-16(21)14-8-15-12(3)20-22-17(15)18-9-14/h4-9,11H,1-3H3,(H,19,21). The number of hydrogen-bond acceptors (Lipinski definition) is 4. The predicted molar refractivity (Wildman–Crippen MR) is 83.6 cm³/mol. The molecule has 0 spiro atoms. The fraction of sp³-hybridized carbons (Fsp3) is 0.235. The van der Waals surface area contributed by atoms with Gasteiger partial charge in [0.1, 0.15) is 0 Å². The molecule has 3 rings (SSSR count). The molecule has 0 fully saturated rings. The molecule has 2 aromatic heterocycles. The van der Waals surface area contributed by atoms with Gasteiger partial charge in [-0.25, -0.2) is 4.98 Å². The molecule has 5 heteroatoms. The first-order valence-corrected chi connectivity index (χ1v) is 7.14. The van der Waals surface area contributed by atoms with Crippen molar-refractivity contribution in [1.82, 2.24) is 15.5 Å². The van der Waals surface area contributed by atoms with Gasteiger partial charge in [0.2, 0.25) is 0 Å². The maximum Gasteiger partial charge on any atom is 0.257 e. The highest BCUT2D eigenvalue weighted by atomic mass is 16.5. The first-order valence-electron chi connectivity index (χ1n) is 7.14. The molecule has 0 bridgehead atoms. The first-order chi connectivity index (χ1) is 10.5. The van der Waals surface area contributed by atoms with Gasteiger partial charge in [0, 0.05) is 6.20 Å². The number of nitrogens with zero attached hydrogens (tertiary/aromatic N) is 2. The van der Waals surface area contributed by atoms with Crippen LogP contribution in [0.1, 0.15) is 40.1 Å². The van der Waals surface area contributed by atoms with E-state index in [4.69, 9.17) is 4.52 Å². The number of aromatic nitrogens is 2. The highest BCUT2D eigenvalue weighted by Gasteiger charge is 2.14. The zero-order chi connectivity index (χ0) is 15.7. The molecular weight excluding hydrogens is 278 g/mol. The number of amides is 1. The first kappa shape index (κ1) is 14.3. The summed E-state index contributed by atoms with van der Waals surface area (Å²) < 4.78 is 5.05. The maximum absolute atomic E-state index is 12.4. The van der Waals surface area contributed by atoms with Gasteiger partial charge < -0.3 is 9.84 Å². The topological polar surface area (TPSA) is 68.0 Å². The van der Waals surface area contributed by atoms with Crippen molar-refractivity contribution in [3.63, 3.8) is 0 Å². The van der Waals surface area contributed by atoms with E-state index < -0.39 is 0 Å². The van der Waals surface area contributed by atoms with Crippen LogP contribution in [0.15, 0.2) is 41.1 Å². The lowest BCUT2D eigenvalue weighted by atomic mass is 10.1. The molecule has 0 saturated carbocycles. The molecule has 0 radical (unpaired) electrons. The minimum atomic E-state index is -0.164. The Labute approximate surface area is 128 Å². The van der Waals surface area contributed by atoms with Crippen molar-refractivity contribution >= 4 is 17.0 Å². The van der Waals surface area contributed by atoms with Crippen LogP contribution in [0.2, 0.25) is 0 Å². The Morgan fingerprint density at radius 2 is 1.95 bits per heavy atom. The van der Waals surface area contributed by atoms with Crippen molar-refractivity contribution in [2.75, 3.05) is 0 Å². The number of rotatable bonds is 3. The SMILES string of the molecule is Cc1ccc(C(C)NC(=O)c2cnc3onc(C)c3c2)cc1. The number of pyridine rings is 1. The van der Waals surface area contributed by atoms with Gasteiger partial charge in [0.05, 0.1) is 22.7 Å². The van der Waals surface area contributed by atoms with Crippen LogP contribution < -0.4 is 5.32 Å². The fourth-order valence-electron chi connectivity index (χ4n) is 2.29. The smallest absolute Gasteiger partial charge is 0.257 e. The lowest BCUT2D eigenvalue weighted by Crippen LogP contribution is -2.26. The van der Waals surface area contributed by atoms with Crippen LogP contribution in [0.4, 0.5) is 0 Å². The molecule has 0 saturated heterocycles. The number of aryl methyl sites for hydroxylation is 2. The van der Waals surface area contributed by atoms with E-state index in [2.05, 4.69) is 15.5 Å². The molecule has 1 atom stereocenters. The second-order valence-electron chi connectivity index (χ2n) is 5.45. The van der Waals surface area contributed by atoms with E-state index in [1.165, 1.54) is 11.8 Å². The monoisotopic (exact) mass is 295 g/mol. The van der Waals surface area contributed by atoms with Crippen LogP contribution in [-0.2, 0) is 0 Å². The second-order valence-corrected chi connectivity index (χ2v) is 5.45. The molecule has 1 N–H and O–H groups in total. The van der Waals surface area contributed by atoms with Gasteiger partial charge in [-0.15, -0.1) is 0 Å². The average molecular weight is 295 g/mol. The van der Waals surface area contributed by atoms with Gasteiger partial charge in [0.15, 0.2) is 0 Å². The minimum absolute atomic E-state index is 0.0765. The summed E-state index contributed by atoms with van der Waals surface area (Å²) in [4.78, 5) is 16.5. The number of carbonyl (C=O) groups excluding carboxylic acids is 1. The van der Waals surface area contributed by atoms with Gasteiger partial charge in [0.25, 0.3) is 11.6 Å². The Kier molecular flexibility index (Phi) is 3.63. The van der Waals surface area contributed by atoms with Crippen molar-refractivity contribution in [2.45, 2.75) is 26.8 Å². The van der Waals surface area contributed by atoms with E-state index in [0.29, 0.717) is 11.3 Å². The molecule has 0 aliphatic rings. The molecule has 5 nitrogen and oxygen atoms in total. The second kappa shape index (κ2) is 5.60. The minimum Gasteiger partial charge on any atom is -0.345 e. The van der Waals surface area contributed by atoms with Gasteiger partial charge in [-0.2, -0.15) is 0 Å². The Hall–Kier alpha value is -2.69. The largest absolute Gasteiger partial charge is 0.345 e. The zero-order valence-electron chi connectivity index (χ0n) is 12.8. The molecule has 22 heavy (non-hydrogen) atoms. The highest BCUT2D eigenvalue weighted by Crippen LogP contribution is 2.18. The Morgan fingerprint density at radius 3 is 2.68 bits per heavy atom. The Bertz CT molecular complexity index is 822. The molecule has 0 aliphatic carbocycles. The zero-order valence-corrected chi connectivity index (χ0v) is 12.8. The summed E-state index contributed by atoms with van der Waals surface area (Å²) in [6.45, 7) is 5.82. The van der Waals surface area contributed by atoms with Gasteiger partial charge in [-0.3, -0.25) is 4.79 Å². The van der Waals surface area contributed by atoms with Gasteiger partial charge in [-0.1, -0.05) is 35.0 Å². The van der Waals surface area contributed by atoms with Gasteiger partial charge in [-0.05, 0) is 32.4 Å². The molecule has 3 aromatic rings. The van der Waals surface area contributed by atoms with E-state index in [-0.39, 0.29) is 11.9 Å². The van der Waals surface area contributed by atoms with E-state index in [1.54, 1.807) is 6.07 Å². The summed E-state index contributed by atoms with van der Waals surface area (Å²) in [5, 5.41) is 7.58. The summed E-state index contributed by atoms with van der Waals surface area (Å²) in [5.41, 5.74) is 3.93. The fourth-order valence-corrected chi connectivity index (χ4v) is 2.29. The van der Waals surface area contributed by atoms with Crippen LogP contribution in [0, 0.1) is 13.8 Å². The Morgan fingerprint density at radius 1 is 1.23 bits per heavy atom. The summed E-state index contributed by atoms with van der Waals surface area (Å²) >= 11 is 0. The number of carbonyl (C=O) groups is 1. The van der Waals surface area contributed by atoms with Crippen molar-refractivity contribution < 1.29 is 9.32 Å². The van der Waals surface area contributed by atoms with Crippen LogP contribution in [0.25, 0.3) is 11.1 Å². The highest BCUT2D eigenvalue weighted by molar-refractivity contribution is 5.97. The molecule has 0 aliphatic heterocycles. The number of fused-ring (bicyclic) bond motifs is 1. The lowest BCUT2D eigenvalue weighted by Gasteiger charge is -2.14. The quantitative estimate of drug-likeness (QED) is 0.804. The van der Waals surface area contributed by atoms with E-state index in [1.807, 2.05) is 45.0 Å². The van der Waals surface area contributed by atoms with Crippen molar-refractivity contribution in [2.24, 2.45) is 0 Å².